The molecule has 0 saturated heterocycles. The Kier molecular flexibility index (Phi) is 8.44. The lowest BCUT2D eigenvalue weighted by Gasteiger charge is -2.03. The molecular weight excluding hydrogens is 399 g/mol. The lowest BCUT2D eigenvalue weighted by molar-refractivity contribution is 0.0581. The summed E-state index contributed by atoms with van der Waals surface area (Å²) < 4.78 is 8.90. The van der Waals surface area contributed by atoms with Crippen molar-refractivity contribution in [2.45, 2.75) is 0 Å². The highest BCUT2D eigenvalue weighted by atomic mass is 35.5. The number of hydrogen-bond donors (Lipinski definition) is 1. The van der Waals surface area contributed by atoms with Crippen LogP contribution in [0.25, 0.3) is 0 Å². The molecule has 0 aliphatic heterocycles. The standard InChI is InChI=1S/C9H7ClO4.C9H7ClO3/c1-14-9(13)7-4-5(10)2-3-6(7)8(11)12;1-13-9(12)8-4-7(10)3-2-6(8)5-11/h2-4H,1H3,(H,11,12);2-5H,1H3. The van der Waals surface area contributed by atoms with Crippen LogP contribution in [0, 0.1) is 0 Å². The van der Waals surface area contributed by atoms with Crippen LogP contribution in [0.4, 0.5) is 0 Å². The van der Waals surface area contributed by atoms with Crippen molar-refractivity contribution in [2.24, 2.45) is 0 Å². The van der Waals surface area contributed by atoms with Crippen molar-refractivity contribution in [3.8, 4) is 0 Å². The third-order valence-corrected chi connectivity index (χ3v) is 3.64. The molecule has 0 bridgehead atoms. The maximum absolute atomic E-state index is 11.1. The molecule has 0 aliphatic rings. The van der Waals surface area contributed by atoms with E-state index in [1.807, 2.05) is 0 Å². The predicted octanol–water partition coefficient (Wildman–Crippen LogP) is 3.76. The van der Waals surface area contributed by atoms with E-state index in [1.165, 1.54) is 50.6 Å². The highest BCUT2D eigenvalue weighted by Gasteiger charge is 2.17. The molecule has 0 amide bonds. The molecule has 1 N–H and O–H groups in total. The van der Waals surface area contributed by atoms with E-state index in [1.54, 1.807) is 0 Å². The number of carbonyl (C=O) groups is 4. The molecule has 7 nitrogen and oxygen atoms in total. The number of carboxylic acid groups (broad SMARTS) is 1. The van der Waals surface area contributed by atoms with Gasteiger partial charge in [0.1, 0.15) is 0 Å². The van der Waals surface area contributed by atoms with E-state index in [4.69, 9.17) is 28.3 Å². The number of rotatable bonds is 4. The molecule has 0 aliphatic carbocycles. The monoisotopic (exact) mass is 412 g/mol. The van der Waals surface area contributed by atoms with Crippen molar-refractivity contribution in [3.63, 3.8) is 0 Å². The summed E-state index contributed by atoms with van der Waals surface area (Å²) in [6, 6.07) is 8.33. The fraction of sp³-hybridized carbons (Fsp3) is 0.111. The highest BCUT2D eigenvalue weighted by Crippen LogP contribution is 2.17. The molecule has 0 heterocycles. The van der Waals surface area contributed by atoms with Crippen molar-refractivity contribution < 1.29 is 33.8 Å². The van der Waals surface area contributed by atoms with Crippen LogP contribution in [-0.2, 0) is 9.47 Å². The molecule has 2 aromatic carbocycles. The number of hydrogen-bond acceptors (Lipinski definition) is 6. The molecule has 2 rings (SSSR count). The van der Waals surface area contributed by atoms with Gasteiger partial charge in [0, 0.05) is 15.6 Å². The van der Waals surface area contributed by atoms with Crippen molar-refractivity contribution in [2.75, 3.05) is 14.2 Å². The minimum absolute atomic E-state index is 0.0486. The Labute approximate surface area is 164 Å². The second-order valence-corrected chi connectivity index (χ2v) is 5.70. The summed E-state index contributed by atoms with van der Waals surface area (Å²) in [5.41, 5.74) is 0.287. The predicted molar refractivity (Wildman–Crippen MR) is 97.9 cm³/mol. The van der Waals surface area contributed by atoms with Gasteiger partial charge in [-0.2, -0.15) is 0 Å². The molecule has 0 saturated carbocycles. The SMILES string of the molecule is COC(=O)c1cc(Cl)ccc1C(=O)O.COC(=O)c1cc(Cl)ccc1C=O. The maximum Gasteiger partial charge on any atom is 0.338 e. The third-order valence-electron chi connectivity index (χ3n) is 3.16. The minimum atomic E-state index is -1.19. The summed E-state index contributed by atoms with van der Waals surface area (Å²) in [6.45, 7) is 0. The van der Waals surface area contributed by atoms with Gasteiger partial charge in [0.05, 0.1) is 30.9 Å². The van der Waals surface area contributed by atoms with Crippen LogP contribution in [0.5, 0.6) is 0 Å². The number of aromatic carboxylic acids is 1. The number of benzene rings is 2. The van der Waals surface area contributed by atoms with Crippen molar-refractivity contribution >= 4 is 47.4 Å². The van der Waals surface area contributed by atoms with Gasteiger partial charge in [-0.25, -0.2) is 14.4 Å². The minimum Gasteiger partial charge on any atom is -0.478 e. The summed E-state index contributed by atoms with van der Waals surface area (Å²) >= 11 is 11.3. The molecular formula is C18H14Cl2O7. The van der Waals surface area contributed by atoms with Gasteiger partial charge in [-0.1, -0.05) is 23.2 Å². The summed E-state index contributed by atoms with van der Waals surface area (Å²) in [4.78, 5) is 43.5. The number of esters is 2. The zero-order valence-corrected chi connectivity index (χ0v) is 15.7. The molecule has 0 atom stereocenters. The fourth-order valence-corrected chi connectivity index (χ4v) is 2.24. The quantitative estimate of drug-likeness (QED) is 0.601. The van der Waals surface area contributed by atoms with Gasteiger partial charge in [0.25, 0.3) is 0 Å². The van der Waals surface area contributed by atoms with Gasteiger partial charge < -0.3 is 14.6 Å². The van der Waals surface area contributed by atoms with E-state index in [-0.39, 0.29) is 27.3 Å². The van der Waals surface area contributed by atoms with Crippen LogP contribution in [0.2, 0.25) is 10.0 Å². The lowest BCUT2D eigenvalue weighted by atomic mass is 10.1. The van der Waals surface area contributed by atoms with Crippen molar-refractivity contribution in [1.82, 2.24) is 0 Å². The van der Waals surface area contributed by atoms with Crippen LogP contribution >= 0.6 is 23.2 Å². The number of carboxylic acids is 1. The summed E-state index contributed by atoms with van der Waals surface area (Å²) in [6.07, 6.45) is 0.586. The van der Waals surface area contributed by atoms with Crippen LogP contribution in [0.15, 0.2) is 36.4 Å². The summed E-state index contributed by atoms with van der Waals surface area (Å²) in [5.74, 6) is -2.48. The van der Waals surface area contributed by atoms with Gasteiger partial charge in [-0.15, -0.1) is 0 Å². The van der Waals surface area contributed by atoms with E-state index < -0.39 is 17.9 Å². The second-order valence-electron chi connectivity index (χ2n) is 4.83. The molecule has 0 spiro atoms. The smallest absolute Gasteiger partial charge is 0.338 e. The molecule has 142 valence electrons. The molecule has 0 unspecified atom stereocenters. The Morgan fingerprint density at radius 2 is 1.33 bits per heavy atom. The average molecular weight is 413 g/mol. The van der Waals surface area contributed by atoms with Crippen LogP contribution in [-0.4, -0.2) is 43.5 Å². The zero-order valence-electron chi connectivity index (χ0n) is 14.2. The van der Waals surface area contributed by atoms with Gasteiger partial charge in [-0.05, 0) is 36.4 Å². The van der Waals surface area contributed by atoms with Crippen molar-refractivity contribution in [3.05, 3.63) is 68.7 Å². The number of aldehydes is 1. The normalized spacial score (nSPS) is 9.48. The lowest BCUT2D eigenvalue weighted by Crippen LogP contribution is -2.09. The Balaban J connectivity index is 0.000000271. The molecule has 0 aromatic heterocycles. The first-order chi connectivity index (χ1) is 12.7. The largest absolute Gasteiger partial charge is 0.478 e. The van der Waals surface area contributed by atoms with Crippen LogP contribution in [0.1, 0.15) is 41.4 Å². The first-order valence-corrected chi connectivity index (χ1v) is 7.95. The Bertz CT molecular complexity index is 878. The first kappa shape index (κ1) is 22.1. The van der Waals surface area contributed by atoms with E-state index in [0.29, 0.717) is 11.3 Å². The fourth-order valence-electron chi connectivity index (χ4n) is 1.90. The average Bonchev–Trinajstić information content (AvgIpc) is 2.66. The molecule has 0 radical (unpaired) electrons. The maximum atomic E-state index is 11.1. The van der Waals surface area contributed by atoms with Gasteiger partial charge >= 0.3 is 17.9 Å². The highest BCUT2D eigenvalue weighted by molar-refractivity contribution is 6.31. The topological polar surface area (TPSA) is 107 Å². The second kappa shape index (κ2) is 10.3. The number of carbonyl (C=O) groups excluding carboxylic acids is 3. The van der Waals surface area contributed by atoms with E-state index >= 15 is 0 Å². The van der Waals surface area contributed by atoms with Gasteiger partial charge in [-0.3, -0.25) is 4.79 Å². The molecule has 27 heavy (non-hydrogen) atoms. The molecule has 0 fully saturated rings. The number of methoxy groups -OCH3 is 2. The summed E-state index contributed by atoms with van der Waals surface area (Å²) in [5, 5.41) is 9.43. The third kappa shape index (κ3) is 6.09. The van der Waals surface area contributed by atoms with E-state index in [9.17, 15) is 19.2 Å². The molecule has 2 aromatic rings. The number of ether oxygens (including phenoxy) is 2. The number of halogens is 2. The van der Waals surface area contributed by atoms with E-state index in [0.717, 1.165) is 0 Å². The summed E-state index contributed by atoms with van der Waals surface area (Å²) in [7, 11) is 2.42. The Morgan fingerprint density at radius 3 is 1.81 bits per heavy atom. The van der Waals surface area contributed by atoms with Crippen molar-refractivity contribution in [1.29, 1.82) is 0 Å². The zero-order chi connectivity index (χ0) is 20.6. The molecule has 9 heteroatoms. The van der Waals surface area contributed by atoms with Gasteiger partial charge in [0.15, 0.2) is 6.29 Å². The van der Waals surface area contributed by atoms with Crippen LogP contribution < -0.4 is 0 Å². The Hall–Kier alpha value is -2.90. The van der Waals surface area contributed by atoms with Crippen LogP contribution in [0.3, 0.4) is 0 Å². The van der Waals surface area contributed by atoms with Gasteiger partial charge in [0.2, 0.25) is 0 Å². The Morgan fingerprint density at radius 1 is 0.852 bits per heavy atom. The van der Waals surface area contributed by atoms with E-state index in [2.05, 4.69) is 9.47 Å². The first-order valence-electron chi connectivity index (χ1n) is 7.19.